The summed E-state index contributed by atoms with van der Waals surface area (Å²) in [6.07, 6.45) is 1.04. The summed E-state index contributed by atoms with van der Waals surface area (Å²) < 4.78 is 11.6. The summed E-state index contributed by atoms with van der Waals surface area (Å²) in [6.45, 7) is 10.6. The van der Waals surface area contributed by atoms with Gasteiger partial charge in [-0.15, -0.1) is 0 Å². The molecule has 0 aromatic carbocycles. The lowest BCUT2D eigenvalue weighted by atomic mass is 10.2. The van der Waals surface area contributed by atoms with Gasteiger partial charge in [-0.1, -0.05) is 32.2 Å². The van der Waals surface area contributed by atoms with Crippen molar-refractivity contribution >= 4 is 28.9 Å². The molecule has 1 heterocycles. The van der Waals surface area contributed by atoms with Gasteiger partial charge in [0.05, 0.1) is 6.61 Å². The van der Waals surface area contributed by atoms with Crippen LogP contribution in [0.5, 0.6) is 5.88 Å². The van der Waals surface area contributed by atoms with E-state index in [0.717, 1.165) is 23.7 Å². The fourth-order valence-corrected chi connectivity index (χ4v) is 6.02. The van der Waals surface area contributed by atoms with Gasteiger partial charge in [-0.05, 0) is 32.1 Å². The van der Waals surface area contributed by atoms with Crippen molar-refractivity contribution in [1.29, 1.82) is 0 Å². The molecule has 1 rings (SSSR count). The number of nitrogens with zero attached hydrogens (tertiary/aromatic N) is 2. The zero-order valence-electron chi connectivity index (χ0n) is 12.8. The monoisotopic (exact) mass is 334 g/mol. The molecule has 0 N–H and O–H groups in total. The van der Waals surface area contributed by atoms with E-state index in [-0.39, 0.29) is 5.92 Å². The molecule has 0 bridgehead atoms. The first-order valence-electron chi connectivity index (χ1n) is 6.84. The fraction of sp³-hybridized carbons (Fsp3) is 0.692. The van der Waals surface area contributed by atoms with Crippen molar-refractivity contribution in [3.05, 3.63) is 17.6 Å². The van der Waals surface area contributed by atoms with Crippen LogP contribution in [0.1, 0.15) is 51.6 Å². The van der Waals surface area contributed by atoms with Gasteiger partial charge in [-0.3, -0.25) is 0 Å². The predicted octanol–water partition coefficient (Wildman–Crippen LogP) is 4.69. The van der Waals surface area contributed by atoms with Crippen LogP contribution in [0.2, 0.25) is 0 Å². The van der Waals surface area contributed by atoms with Gasteiger partial charge >= 0.3 is 0 Å². The van der Waals surface area contributed by atoms with Crippen LogP contribution in [0, 0.1) is 6.92 Å². The van der Waals surface area contributed by atoms with Crippen LogP contribution in [0.4, 0.5) is 0 Å². The molecule has 0 saturated carbocycles. The maximum atomic E-state index is 5.93. The normalized spacial score (nSPS) is 14.3. The Morgan fingerprint density at radius 1 is 1.35 bits per heavy atom. The molecule has 1 atom stereocenters. The molecule has 0 radical (unpaired) electrons. The second-order valence-corrected chi connectivity index (χ2v) is 11.0. The Balaban J connectivity index is 2.95. The Morgan fingerprint density at radius 2 is 2.05 bits per heavy atom. The topological polar surface area (TPSA) is 44.2 Å². The van der Waals surface area contributed by atoms with Crippen LogP contribution in [0.25, 0.3) is 0 Å². The van der Waals surface area contributed by atoms with Gasteiger partial charge in [0, 0.05) is 23.4 Å². The van der Waals surface area contributed by atoms with E-state index in [1.807, 2.05) is 19.9 Å². The quantitative estimate of drug-likeness (QED) is 0.643. The van der Waals surface area contributed by atoms with Gasteiger partial charge < -0.3 is 9.05 Å². The highest BCUT2D eigenvalue weighted by atomic mass is 32.9. The average molecular weight is 334 g/mol. The van der Waals surface area contributed by atoms with Gasteiger partial charge in [0.25, 0.3) is 5.69 Å². The lowest BCUT2D eigenvalue weighted by molar-refractivity contribution is 0.341. The third-order valence-electron chi connectivity index (χ3n) is 2.31. The highest BCUT2D eigenvalue weighted by Gasteiger charge is 2.22. The summed E-state index contributed by atoms with van der Waals surface area (Å²) in [5, 5.41) is 0. The molecule has 0 aliphatic carbocycles. The third kappa shape index (κ3) is 5.68. The van der Waals surface area contributed by atoms with Crippen molar-refractivity contribution in [2.24, 2.45) is 0 Å². The SMILES string of the molecule is CCCSP(=S)(OCC)Oc1cc(C)nc(C(C)C)n1. The van der Waals surface area contributed by atoms with Crippen LogP contribution >= 0.6 is 17.1 Å². The number of hydrogen-bond acceptors (Lipinski definition) is 6. The highest BCUT2D eigenvalue weighted by Crippen LogP contribution is 2.60. The van der Waals surface area contributed by atoms with E-state index in [1.54, 1.807) is 11.4 Å². The summed E-state index contributed by atoms with van der Waals surface area (Å²) in [7, 11) is 0. The van der Waals surface area contributed by atoms with Crippen LogP contribution in [-0.4, -0.2) is 22.3 Å². The molecule has 7 heteroatoms. The smallest absolute Gasteiger partial charge is 0.298 e. The average Bonchev–Trinajstić information content (AvgIpc) is 2.36. The van der Waals surface area contributed by atoms with E-state index in [0.29, 0.717) is 12.5 Å². The molecule has 114 valence electrons. The Hall–Kier alpha value is -0.160. The lowest BCUT2D eigenvalue weighted by Crippen LogP contribution is -2.03. The first kappa shape index (κ1) is 17.9. The minimum Gasteiger partial charge on any atom is -0.418 e. The number of aromatic nitrogens is 2. The highest BCUT2D eigenvalue weighted by molar-refractivity contribution is 8.68. The largest absolute Gasteiger partial charge is 0.418 e. The van der Waals surface area contributed by atoms with Crippen molar-refractivity contribution in [2.45, 2.75) is 47.0 Å². The second kappa shape index (κ2) is 8.32. The molecule has 0 saturated heterocycles. The summed E-state index contributed by atoms with van der Waals surface area (Å²) in [5.74, 6) is 2.49. The minimum absolute atomic E-state index is 0.255. The Labute approximate surface area is 131 Å². The van der Waals surface area contributed by atoms with E-state index < -0.39 is 5.69 Å². The Morgan fingerprint density at radius 3 is 2.60 bits per heavy atom. The summed E-state index contributed by atoms with van der Waals surface area (Å²) >= 11 is 7.15. The Kier molecular flexibility index (Phi) is 7.45. The van der Waals surface area contributed by atoms with Crippen LogP contribution in [0.3, 0.4) is 0 Å². The van der Waals surface area contributed by atoms with Crippen LogP contribution in [0.15, 0.2) is 6.07 Å². The van der Waals surface area contributed by atoms with E-state index in [2.05, 4.69) is 30.7 Å². The molecular formula is C13H23N2O2PS2. The maximum Gasteiger partial charge on any atom is 0.298 e. The summed E-state index contributed by atoms with van der Waals surface area (Å²) in [4.78, 5) is 8.85. The maximum absolute atomic E-state index is 5.93. The van der Waals surface area contributed by atoms with Gasteiger partial charge in [0.15, 0.2) is 0 Å². The number of aryl methyl sites for hydroxylation is 1. The zero-order valence-corrected chi connectivity index (χ0v) is 15.3. The first-order valence-corrected chi connectivity index (χ1v) is 11.1. The molecular weight excluding hydrogens is 311 g/mol. The third-order valence-corrected chi connectivity index (χ3v) is 7.73. The summed E-state index contributed by atoms with van der Waals surface area (Å²) in [5.41, 5.74) is -1.48. The molecule has 20 heavy (non-hydrogen) atoms. The van der Waals surface area contributed by atoms with Crippen molar-refractivity contribution in [3.63, 3.8) is 0 Å². The van der Waals surface area contributed by atoms with E-state index >= 15 is 0 Å². The van der Waals surface area contributed by atoms with Gasteiger partial charge in [-0.2, -0.15) is 4.98 Å². The van der Waals surface area contributed by atoms with Crippen molar-refractivity contribution < 1.29 is 9.05 Å². The van der Waals surface area contributed by atoms with Crippen molar-refractivity contribution in [2.75, 3.05) is 12.4 Å². The second-order valence-electron chi connectivity index (χ2n) is 4.65. The first-order chi connectivity index (χ1) is 9.40. The van der Waals surface area contributed by atoms with Crippen molar-refractivity contribution in [3.8, 4) is 5.88 Å². The van der Waals surface area contributed by atoms with Gasteiger partial charge in [-0.25, -0.2) is 4.98 Å². The van der Waals surface area contributed by atoms with E-state index in [1.165, 1.54) is 0 Å². The molecule has 0 amide bonds. The lowest BCUT2D eigenvalue weighted by Gasteiger charge is -2.21. The fourth-order valence-electron chi connectivity index (χ4n) is 1.43. The van der Waals surface area contributed by atoms with E-state index in [9.17, 15) is 0 Å². The molecule has 0 aliphatic heterocycles. The molecule has 0 spiro atoms. The molecule has 1 aromatic heterocycles. The number of rotatable bonds is 8. The van der Waals surface area contributed by atoms with Gasteiger partial charge in [0.2, 0.25) is 5.88 Å². The van der Waals surface area contributed by atoms with Gasteiger partial charge in [0.1, 0.15) is 5.82 Å². The van der Waals surface area contributed by atoms with Crippen LogP contribution < -0.4 is 4.52 Å². The molecule has 1 unspecified atom stereocenters. The zero-order chi connectivity index (χ0) is 15.2. The number of hydrogen-bond donors (Lipinski definition) is 0. The minimum atomic E-state index is -2.37. The molecule has 1 aromatic rings. The molecule has 0 aliphatic rings. The predicted molar refractivity (Wildman–Crippen MR) is 90.1 cm³/mol. The standard InChI is InChI=1S/C13H23N2O2PS2/c1-6-8-20-18(19,16-7-2)17-12-9-11(5)14-13(15-12)10(3)4/h9-10H,6-8H2,1-5H3. The summed E-state index contributed by atoms with van der Waals surface area (Å²) in [6, 6.07) is 1.82. The molecule has 4 nitrogen and oxygen atoms in total. The van der Waals surface area contributed by atoms with Crippen LogP contribution in [-0.2, 0) is 16.3 Å². The Bertz CT molecular complexity index is 483. The van der Waals surface area contributed by atoms with Crippen molar-refractivity contribution in [1.82, 2.24) is 9.97 Å². The van der Waals surface area contributed by atoms with E-state index in [4.69, 9.17) is 20.9 Å². The molecule has 0 fully saturated rings.